The van der Waals surface area contributed by atoms with Crippen LogP contribution in [-0.4, -0.2) is 14.8 Å². The second-order valence-corrected chi connectivity index (χ2v) is 4.12. The summed E-state index contributed by atoms with van der Waals surface area (Å²) in [4.78, 5) is 0. The molecule has 0 saturated carbocycles. The molecule has 4 heteroatoms. The highest BCUT2D eigenvalue weighted by Crippen LogP contribution is 2.22. The Balaban J connectivity index is 1.98. The first kappa shape index (κ1) is 9.54. The summed E-state index contributed by atoms with van der Waals surface area (Å²) in [7, 11) is 0. The smallest absolute Gasteiger partial charge is 0.154 e. The van der Waals surface area contributed by atoms with E-state index in [4.69, 9.17) is 5.73 Å². The molecule has 0 fully saturated rings. The van der Waals surface area contributed by atoms with Crippen LogP contribution in [0, 0.1) is 0 Å². The Labute approximate surface area is 94.1 Å². The van der Waals surface area contributed by atoms with Gasteiger partial charge in [-0.2, -0.15) is 0 Å². The van der Waals surface area contributed by atoms with Crippen molar-refractivity contribution in [2.45, 2.75) is 25.4 Å². The average molecular weight is 214 g/mol. The van der Waals surface area contributed by atoms with Gasteiger partial charge in [-0.05, 0) is 12.0 Å². The van der Waals surface area contributed by atoms with Crippen molar-refractivity contribution in [2.24, 2.45) is 5.73 Å². The predicted octanol–water partition coefficient (Wildman–Crippen LogP) is 1.27. The van der Waals surface area contributed by atoms with E-state index < -0.39 is 0 Å². The van der Waals surface area contributed by atoms with Crippen molar-refractivity contribution < 1.29 is 0 Å². The lowest BCUT2D eigenvalue weighted by Crippen LogP contribution is -2.17. The Kier molecular flexibility index (Phi) is 2.22. The van der Waals surface area contributed by atoms with E-state index in [9.17, 15) is 0 Å². The second-order valence-electron chi connectivity index (χ2n) is 4.12. The number of hydrogen-bond acceptors (Lipinski definition) is 3. The van der Waals surface area contributed by atoms with E-state index in [0.717, 1.165) is 36.6 Å². The molecular weight excluding hydrogens is 200 g/mol. The fourth-order valence-electron chi connectivity index (χ4n) is 2.21. The number of benzene rings is 1. The Morgan fingerprint density at radius 2 is 2.00 bits per heavy atom. The number of aromatic nitrogens is 3. The Hall–Kier alpha value is -1.68. The molecule has 2 N–H and O–H groups in total. The average Bonchev–Trinajstić information content (AvgIpc) is 2.91. The lowest BCUT2D eigenvalue weighted by atomic mass is 10.1. The van der Waals surface area contributed by atoms with Crippen molar-refractivity contribution in [2.75, 3.05) is 0 Å². The normalized spacial score (nSPS) is 16.1. The van der Waals surface area contributed by atoms with Gasteiger partial charge in [0.25, 0.3) is 0 Å². The highest BCUT2D eigenvalue weighted by molar-refractivity contribution is 5.24. The zero-order valence-corrected chi connectivity index (χ0v) is 9.00. The summed E-state index contributed by atoms with van der Waals surface area (Å²) in [5, 5.41) is 8.38. The number of nitrogens with zero attached hydrogens (tertiary/aromatic N) is 3. The molecule has 0 radical (unpaired) electrons. The first-order valence-electron chi connectivity index (χ1n) is 5.59. The lowest BCUT2D eigenvalue weighted by molar-refractivity contribution is 0.650. The summed E-state index contributed by atoms with van der Waals surface area (Å²) in [6, 6.07) is 9.88. The molecule has 0 aliphatic carbocycles. The van der Waals surface area contributed by atoms with E-state index in [2.05, 4.69) is 14.8 Å². The van der Waals surface area contributed by atoms with Gasteiger partial charge in [-0.3, -0.25) is 0 Å². The molecule has 16 heavy (non-hydrogen) atoms. The van der Waals surface area contributed by atoms with E-state index in [-0.39, 0.29) is 6.04 Å². The van der Waals surface area contributed by atoms with Crippen LogP contribution < -0.4 is 5.73 Å². The highest BCUT2D eigenvalue weighted by atomic mass is 15.3. The van der Waals surface area contributed by atoms with Crippen LogP contribution in [0.5, 0.6) is 0 Å². The fourth-order valence-corrected chi connectivity index (χ4v) is 2.21. The number of aryl methyl sites for hydroxylation is 1. The molecule has 0 saturated heterocycles. The monoisotopic (exact) mass is 214 g/mol. The molecule has 1 aromatic heterocycles. The van der Waals surface area contributed by atoms with E-state index >= 15 is 0 Å². The lowest BCUT2D eigenvalue weighted by Gasteiger charge is -2.11. The summed E-state index contributed by atoms with van der Waals surface area (Å²) in [6.07, 6.45) is 2.17. The maximum absolute atomic E-state index is 6.21. The van der Waals surface area contributed by atoms with Crippen LogP contribution in [-0.2, 0) is 13.0 Å². The summed E-state index contributed by atoms with van der Waals surface area (Å²) >= 11 is 0. The van der Waals surface area contributed by atoms with E-state index in [1.54, 1.807) is 0 Å². The predicted molar refractivity (Wildman–Crippen MR) is 60.8 cm³/mol. The first-order chi connectivity index (χ1) is 7.86. The molecule has 0 bridgehead atoms. The molecule has 2 heterocycles. The SMILES string of the molecule is NC(c1ccccc1)c1nnc2n1CCC2. The Morgan fingerprint density at radius 1 is 1.19 bits per heavy atom. The molecule has 0 amide bonds. The fraction of sp³-hybridized carbons (Fsp3) is 0.333. The van der Waals surface area contributed by atoms with Gasteiger partial charge in [-0.25, -0.2) is 0 Å². The van der Waals surface area contributed by atoms with Crippen molar-refractivity contribution >= 4 is 0 Å². The van der Waals surface area contributed by atoms with Crippen LogP contribution in [0.4, 0.5) is 0 Å². The quantitative estimate of drug-likeness (QED) is 0.819. The molecule has 1 unspecified atom stereocenters. The van der Waals surface area contributed by atoms with Gasteiger partial charge in [0.05, 0.1) is 6.04 Å². The van der Waals surface area contributed by atoms with Gasteiger partial charge in [0.2, 0.25) is 0 Å². The first-order valence-corrected chi connectivity index (χ1v) is 5.59. The zero-order chi connectivity index (χ0) is 11.0. The van der Waals surface area contributed by atoms with Crippen LogP contribution in [0.15, 0.2) is 30.3 Å². The van der Waals surface area contributed by atoms with E-state index in [1.165, 1.54) is 0 Å². The standard InChI is InChI=1S/C12H14N4/c13-11(9-5-2-1-3-6-9)12-15-14-10-7-4-8-16(10)12/h1-3,5-6,11H,4,7-8,13H2. The molecule has 3 rings (SSSR count). The number of nitrogens with two attached hydrogens (primary N) is 1. The highest BCUT2D eigenvalue weighted by Gasteiger charge is 2.22. The third-order valence-corrected chi connectivity index (χ3v) is 3.07. The third kappa shape index (κ3) is 1.42. The molecule has 2 aromatic rings. The minimum absolute atomic E-state index is 0.166. The van der Waals surface area contributed by atoms with Gasteiger partial charge < -0.3 is 10.3 Å². The van der Waals surface area contributed by atoms with Gasteiger partial charge in [0.1, 0.15) is 5.82 Å². The molecule has 0 spiro atoms. The minimum atomic E-state index is -0.166. The number of rotatable bonds is 2. The van der Waals surface area contributed by atoms with Crippen LogP contribution >= 0.6 is 0 Å². The second kappa shape index (κ2) is 3.72. The van der Waals surface area contributed by atoms with Crippen LogP contribution in [0.1, 0.15) is 29.7 Å². The molecule has 82 valence electrons. The molecule has 1 atom stereocenters. The Bertz CT molecular complexity index is 489. The topological polar surface area (TPSA) is 56.7 Å². The van der Waals surface area contributed by atoms with Crippen LogP contribution in [0.3, 0.4) is 0 Å². The number of hydrogen-bond donors (Lipinski definition) is 1. The van der Waals surface area contributed by atoms with Crippen LogP contribution in [0.2, 0.25) is 0 Å². The maximum Gasteiger partial charge on any atom is 0.154 e. The van der Waals surface area contributed by atoms with Gasteiger partial charge in [0, 0.05) is 13.0 Å². The van der Waals surface area contributed by atoms with Crippen LogP contribution in [0.25, 0.3) is 0 Å². The van der Waals surface area contributed by atoms with Gasteiger partial charge in [0.15, 0.2) is 5.82 Å². The third-order valence-electron chi connectivity index (χ3n) is 3.07. The van der Waals surface area contributed by atoms with E-state index in [0.29, 0.717) is 0 Å². The zero-order valence-electron chi connectivity index (χ0n) is 9.00. The molecule has 1 aromatic carbocycles. The molecule has 4 nitrogen and oxygen atoms in total. The van der Waals surface area contributed by atoms with Crippen molar-refractivity contribution in [3.05, 3.63) is 47.5 Å². The van der Waals surface area contributed by atoms with Gasteiger partial charge >= 0.3 is 0 Å². The summed E-state index contributed by atoms with van der Waals surface area (Å²) < 4.78 is 2.15. The van der Waals surface area contributed by atoms with Gasteiger partial charge in [-0.1, -0.05) is 30.3 Å². The summed E-state index contributed by atoms with van der Waals surface area (Å²) in [6.45, 7) is 0.998. The van der Waals surface area contributed by atoms with Crippen molar-refractivity contribution in [1.82, 2.24) is 14.8 Å². The van der Waals surface area contributed by atoms with Gasteiger partial charge in [-0.15, -0.1) is 10.2 Å². The molecular formula is C12H14N4. The van der Waals surface area contributed by atoms with Crippen molar-refractivity contribution in [1.29, 1.82) is 0 Å². The summed E-state index contributed by atoms with van der Waals surface area (Å²) in [5.74, 6) is 1.96. The molecule has 1 aliphatic rings. The van der Waals surface area contributed by atoms with E-state index in [1.807, 2.05) is 30.3 Å². The van der Waals surface area contributed by atoms with Crippen molar-refractivity contribution in [3.63, 3.8) is 0 Å². The molecule has 1 aliphatic heterocycles. The van der Waals surface area contributed by atoms with Crippen molar-refractivity contribution in [3.8, 4) is 0 Å². The summed E-state index contributed by atoms with van der Waals surface area (Å²) in [5.41, 5.74) is 7.30. The maximum atomic E-state index is 6.21. The Morgan fingerprint density at radius 3 is 2.81 bits per heavy atom. The largest absolute Gasteiger partial charge is 0.318 e. The number of fused-ring (bicyclic) bond motifs is 1. The minimum Gasteiger partial charge on any atom is -0.318 e.